The molecule has 1 aromatic heterocycles. The molecule has 0 saturated carbocycles. The molecule has 0 unspecified atom stereocenters. The van der Waals surface area contributed by atoms with Gasteiger partial charge in [-0.1, -0.05) is 17.9 Å². The highest BCUT2D eigenvalue weighted by Crippen LogP contribution is 2.27. The number of rotatable bonds is 3. The molecule has 3 N–H and O–H groups in total. The van der Waals surface area contributed by atoms with Crippen molar-refractivity contribution in [3.63, 3.8) is 0 Å². The number of pyridine rings is 1. The molecule has 27 heavy (non-hydrogen) atoms. The molecule has 0 aliphatic carbocycles. The molecule has 1 aromatic carbocycles. The molecule has 2 heterocycles. The predicted molar refractivity (Wildman–Crippen MR) is 106 cm³/mol. The molecular formula is C21H24N4O2. The summed E-state index contributed by atoms with van der Waals surface area (Å²) in [5.41, 5.74) is 10.1. The summed E-state index contributed by atoms with van der Waals surface area (Å²) in [5.74, 6) is 5.72. The van der Waals surface area contributed by atoms with Crippen LogP contribution in [0.1, 0.15) is 23.6 Å². The number of aromatic nitrogens is 1. The highest BCUT2D eigenvalue weighted by Gasteiger charge is 2.19. The van der Waals surface area contributed by atoms with Gasteiger partial charge in [-0.2, -0.15) is 0 Å². The summed E-state index contributed by atoms with van der Waals surface area (Å²) >= 11 is 0. The van der Waals surface area contributed by atoms with Gasteiger partial charge >= 0.3 is 0 Å². The Hall–Kier alpha value is -3.04. The number of aliphatic hydroxyl groups excluding tert-OH is 1. The van der Waals surface area contributed by atoms with Crippen molar-refractivity contribution < 1.29 is 9.90 Å². The van der Waals surface area contributed by atoms with Gasteiger partial charge in [0, 0.05) is 49.7 Å². The van der Waals surface area contributed by atoms with Crippen LogP contribution in [0, 0.1) is 11.8 Å². The van der Waals surface area contributed by atoms with E-state index in [4.69, 9.17) is 5.73 Å². The number of carbonyl (C=O) groups excluding carboxylic acids is 1. The van der Waals surface area contributed by atoms with E-state index in [1.165, 1.54) is 10.5 Å². The first-order chi connectivity index (χ1) is 13.0. The average Bonchev–Trinajstić information content (AvgIpc) is 2.71. The van der Waals surface area contributed by atoms with E-state index < -0.39 is 12.0 Å². The summed E-state index contributed by atoms with van der Waals surface area (Å²) in [6, 6.07) is 9.80. The standard InChI is InChI=1S/C21H24N4O2/c1-3-24(2)21(27)19(26)8-7-15-5-4-6-17(13-15)25-12-10-16-9-11-23-20(22)18(16)14-25/h4-6,9,11,13,19,26H,3,10,12,14H2,1-2H3,(H2,22,23)/t19-/m1/s1. The summed E-state index contributed by atoms with van der Waals surface area (Å²) in [4.78, 5) is 19.8. The SMILES string of the molecule is CCN(C)C(=O)[C@H](O)C#Cc1cccc(N2CCc3ccnc(N)c3C2)c1. The Morgan fingerprint density at radius 1 is 1.44 bits per heavy atom. The molecule has 0 radical (unpaired) electrons. The third-order valence-electron chi connectivity index (χ3n) is 4.84. The topological polar surface area (TPSA) is 82.7 Å². The molecule has 1 aliphatic heterocycles. The number of amides is 1. The van der Waals surface area contributed by atoms with Gasteiger partial charge < -0.3 is 20.6 Å². The Morgan fingerprint density at radius 3 is 3.04 bits per heavy atom. The molecule has 6 heteroatoms. The van der Waals surface area contributed by atoms with Gasteiger partial charge in [0.05, 0.1) is 0 Å². The highest BCUT2D eigenvalue weighted by molar-refractivity contribution is 5.83. The van der Waals surface area contributed by atoms with Crippen LogP contribution < -0.4 is 10.6 Å². The third kappa shape index (κ3) is 4.21. The lowest BCUT2D eigenvalue weighted by Gasteiger charge is -2.31. The molecule has 1 atom stereocenters. The van der Waals surface area contributed by atoms with E-state index in [2.05, 4.69) is 21.7 Å². The fourth-order valence-electron chi connectivity index (χ4n) is 3.07. The van der Waals surface area contributed by atoms with Crippen LogP contribution in [0.15, 0.2) is 36.5 Å². The molecule has 0 bridgehead atoms. The monoisotopic (exact) mass is 364 g/mol. The van der Waals surface area contributed by atoms with Crippen molar-refractivity contribution in [3.05, 3.63) is 53.2 Å². The smallest absolute Gasteiger partial charge is 0.263 e. The van der Waals surface area contributed by atoms with Gasteiger partial charge in [-0.05, 0) is 43.2 Å². The molecule has 1 aliphatic rings. The zero-order valence-electron chi connectivity index (χ0n) is 15.6. The molecule has 2 aromatic rings. The molecule has 6 nitrogen and oxygen atoms in total. The first-order valence-electron chi connectivity index (χ1n) is 9.01. The molecular weight excluding hydrogens is 340 g/mol. The van der Waals surface area contributed by atoms with Crippen LogP contribution in [0.2, 0.25) is 0 Å². The van der Waals surface area contributed by atoms with Gasteiger partial charge in [-0.3, -0.25) is 4.79 Å². The number of aliphatic hydroxyl groups is 1. The quantitative estimate of drug-likeness (QED) is 0.805. The van der Waals surface area contributed by atoms with Crippen LogP contribution in [0.5, 0.6) is 0 Å². The number of nitrogen functional groups attached to an aromatic ring is 1. The molecule has 0 saturated heterocycles. The van der Waals surface area contributed by atoms with Crippen LogP contribution in [-0.2, 0) is 17.8 Å². The normalized spacial score (nSPS) is 14.0. The van der Waals surface area contributed by atoms with Gasteiger partial charge in [0.25, 0.3) is 5.91 Å². The van der Waals surface area contributed by atoms with Crippen LogP contribution in [0.25, 0.3) is 0 Å². The number of fused-ring (bicyclic) bond motifs is 1. The van der Waals surface area contributed by atoms with E-state index in [9.17, 15) is 9.90 Å². The molecule has 0 fully saturated rings. The summed E-state index contributed by atoms with van der Waals surface area (Å²) in [7, 11) is 1.64. The lowest BCUT2D eigenvalue weighted by molar-refractivity contribution is -0.135. The second kappa shape index (κ2) is 8.11. The number of anilines is 2. The van der Waals surface area contributed by atoms with Gasteiger partial charge in [0.15, 0.2) is 6.10 Å². The van der Waals surface area contributed by atoms with Crippen molar-refractivity contribution in [1.82, 2.24) is 9.88 Å². The Labute approximate surface area is 159 Å². The van der Waals surface area contributed by atoms with Crippen LogP contribution in [0.4, 0.5) is 11.5 Å². The number of nitrogens with zero attached hydrogens (tertiary/aromatic N) is 3. The molecule has 140 valence electrons. The lowest BCUT2D eigenvalue weighted by Crippen LogP contribution is -2.35. The maximum Gasteiger partial charge on any atom is 0.263 e. The molecule has 3 rings (SSSR count). The Morgan fingerprint density at radius 2 is 2.26 bits per heavy atom. The van der Waals surface area contributed by atoms with Crippen molar-refractivity contribution >= 4 is 17.4 Å². The minimum atomic E-state index is -1.31. The summed E-state index contributed by atoms with van der Waals surface area (Å²) in [6.45, 7) is 3.96. The average molecular weight is 364 g/mol. The Bertz CT molecular complexity index is 901. The third-order valence-corrected chi connectivity index (χ3v) is 4.84. The first kappa shape index (κ1) is 18.7. The van der Waals surface area contributed by atoms with E-state index in [0.29, 0.717) is 18.9 Å². The van der Waals surface area contributed by atoms with Crippen LogP contribution in [0.3, 0.4) is 0 Å². The van der Waals surface area contributed by atoms with Crippen molar-refractivity contribution in [1.29, 1.82) is 0 Å². The molecule has 0 spiro atoms. The van der Waals surface area contributed by atoms with Gasteiger partial charge in [0.2, 0.25) is 0 Å². The second-order valence-corrected chi connectivity index (χ2v) is 6.58. The lowest BCUT2D eigenvalue weighted by atomic mass is 10.0. The van der Waals surface area contributed by atoms with Crippen molar-refractivity contribution in [2.45, 2.75) is 26.0 Å². The van der Waals surface area contributed by atoms with Crippen molar-refractivity contribution in [3.8, 4) is 11.8 Å². The van der Waals surface area contributed by atoms with E-state index in [1.807, 2.05) is 37.3 Å². The first-order valence-corrected chi connectivity index (χ1v) is 9.01. The number of hydrogen-bond acceptors (Lipinski definition) is 5. The van der Waals surface area contributed by atoms with Gasteiger partial charge in [-0.25, -0.2) is 4.98 Å². The minimum Gasteiger partial charge on any atom is -0.383 e. The number of nitrogens with two attached hydrogens (primary N) is 1. The number of likely N-dealkylation sites (N-methyl/N-ethyl adjacent to an activating group) is 1. The van der Waals surface area contributed by atoms with Crippen LogP contribution in [-0.4, -0.2) is 47.1 Å². The Balaban J connectivity index is 1.77. The van der Waals surface area contributed by atoms with E-state index in [1.54, 1.807) is 13.2 Å². The predicted octanol–water partition coefficient (Wildman–Crippen LogP) is 1.42. The van der Waals surface area contributed by atoms with E-state index >= 15 is 0 Å². The zero-order valence-corrected chi connectivity index (χ0v) is 15.6. The van der Waals surface area contributed by atoms with Crippen LogP contribution >= 0.6 is 0 Å². The number of benzene rings is 1. The van der Waals surface area contributed by atoms with E-state index in [0.717, 1.165) is 29.8 Å². The zero-order chi connectivity index (χ0) is 19.4. The second-order valence-electron chi connectivity index (χ2n) is 6.58. The summed E-state index contributed by atoms with van der Waals surface area (Å²) < 4.78 is 0. The maximum absolute atomic E-state index is 11.9. The maximum atomic E-state index is 11.9. The summed E-state index contributed by atoms with van der Waals surface area (Å²) in [6.07, 6.45) is 1.35. The fourth-order valence-corrected chi connectivity index (χ4v) is 3.07. The largest absolute Gasteiger partial charge is 0.383 e. The van der Waals surface area contributed by atoms with Gasteiger partial charge in [0.1, 0.15) is 5.82 Å². The fraction of sp³-hybridized carbons (Fsp3) is 0.333. The minimum absolute atomic E-state index is 0.392. The Kier molecular flexibility index (Phi) is 5.63. The highest BCUT2D eigenvalue weighted by atomic mass is 16.3. The summed E-state index contributed by atoms with van der Waals surface area (Å²) in [5, 5.41) is 9.94. The van der Waals surface area contributed by atoms with E-state index in [-0.39, 0.29) is 0 Å². The number of carbonyl (C=O) groups is 1. The van der Waals surface area contributed by atoms with Crippen molar-refractivity contribution in [2.75, 3.05) is 30.8 Å². The van der Waals surface area contributed by atoms with Crippen molar-refractivity contribution in [2.24, 2.45) is 0 Å². The molecule has 1 amide bonds. The number of hydrogen-bond donors (Lipinski definition) is 2. The van der Waals surface area contributed by atoms with Gasteiger partial charge in [-0.15, -0.1) is 0 Å².